The highest BCUT2D eigenvalue weighted by Gasteiger charge is 2.20. The van der Waals surface area contributed by atoms with E-state index in [1.54, 1.807) is 12.1 Å². The minimum atomic E-state index is -3.29. The van der Waals surface area contributed by atoms with Gasteiger partial charge in [-0.2, -0.15) is 0 Å². The molecule has 162 valence electrons. The van der Waals surface area contributed by atoms with Gasteiger partial charge in [-0.3, -0.25) is 10.1 Å². The molecule has 8 heteroatoms. The van der Waals surface area contributed by atoms with E-state index >= 15 is 0 Å². The number of sulfone groups is 1. The van der Waals surface area contributed by atoms with Crippen LogP contribution in [0.3, 0.4) is 0 Å². The van der Waals surface area contributed by atoms with E-state index in [0.717, 1.165) is 17.4 Å². The van der Waals surface area contributed by atoms with Crippen LogP contribution < -0.4 is 5.32 Å². The Bertz CT molecular complexity index is 1260. The normalized spacial score (nSPS) is 11.4. The molecule has 0 saturated heterocycles. The van der Waals surface area contributed by atoms with Crippen molar-refractivity contribution >= 4 is 21.8 Å². The topological polar surface area (TPSA) is 102 Å². The van der Waals surface area contributed by atoms with Gasteiger partial charge >= 0.3 is 6.01 Å². The quantitative estimate of drug-likeness (QED) is 0.453. The summed E-state index contributed by atoms with van der Waals surface area (Å²) in [6, 6.07) is 25.7. The van der Waals surface area contributed by atoms with Crippen LogP contribution >= 0.6 is 0 Å². The van der Waals surface area contributed by atoms with E-state index < -0.39 is 9.84 Å². The molecule has 1 amide bonds. The van der Waals surface area contributed by atoms with Crippen molar-refractivity contribution in [2.75, 3.05) is 11.6 Å². The number of amides is 1. The zero-order chi connectivity index (χ0) is 22.6. The summed E-state index contributed by atoms with van der Waals surface area (Å²) in [6.45, 7) is 0. The largest absolute Gasteiger partial charge is 0.403 e. The highest BCUT2D eigenvalue weighted by molar-refractivity contribution is 7.90. The molecule has 7 nitrogen and oxygen atoms in total. The van der Waals surface area contributed by atoms with Gasteiger partial charge in [-0.05, 0) is 35.4 Å². The van der Waals surface area contributed by atoms with Gasteiger partial charge in [0.25, 0.3) is 0 Å². The average molecular weight is 448 g/mol. The minimum Gasteiger partial charge on any atom is -0.403 e. The number of anilines is 1. The van der Waals surface area contributed by atoms with Crippen molar-refractivity contribution in [2.24, 2.45) is 0 Å². The number of hydrogen-bond donors (Lipinski definition) is 1. The van der Waals surface area contributed by atoms with E-state index in [1.807, 2.05) is 60.7 Å². The maximum atomic E-state index is 12.8. The Labute approximate surface area is 186 Å². The van der Waals surface area contributed by atoms with Crippen molar-refractivity contribution in [3.05, 3.63) is 96.1 Å². The fourth-order valence-corrected chi connectivity index (χ4v) is 4.02. The number of nitrogens with one attached hydrogen (secondary N) is 1. The maximum absolute atomic E-state index is 12.8. The molecule has 4 aromatic rings. The molecule has 4 rings (SSSR count). The number of nitrogens with zero attached hydrogens (tertiary/aromatic N) is 2. The maximum Gasteiger partial charge on any atom is 0.322 e. The number of rotatable bonds is 7. The number of carbonyl (C=O) groups excluding carboxylic acids is 1. The summed E-state index contributed by atoms with van der Waals surface area (Å²) >= 11 is 0. The summed E-state index contributed by atoms with van der Waals surface area (Å²) in [4.78, 5) is 13.0. The first-order valence-electron chi connectivity index (χ1n) is 9.94. The number of aromatic nitrogens is 2. The molecule has 0 radical (unpaired) electrons. The van der Waals surface area contributed by atoms with E-state index in [4.69, 9.17) is 4.42 Å². The Morgan fingerprint density at radius 3 is 1.97 bits per heavy atom. The van der Waals surface area contributed by atoms with Gasteiger partial charge in [-0.25, -0.2) is 8.42 Å². The first-order valence-corrected chi connectivity index (χ1v) is 11.8. The lowest BCUT2D eigenvalue weighted by atomic mass is 9.88. The molecule has 3 aromatic carbocycles. The zero-order valence-electron chi connectivity index (χ0n) is 17.3. The zero-order valence-corrected chi connectivity index (χ0v) is 18.1. The van der Waals surface area contributed by atoms with Gasteiger partial charge in [0.1, 0.15) is 0 Å². The number of carbonyl (C=O) groups is 1. The van der Waals surface area contributed by atoms with Gasteiger partial charge in [0, 0.05) is 24.2 Å². The molecule has 0 fully saturated rings. The number of benzene rings is 3. The minimum absolute atomic E-state index is 0.0166. The van der Waals surface area contributed by atoms with Gasteiger partial charge in [0.05, 0.1) is 4.90 Å². The number of hydrogen-bond acceptors (Lipinski definition) is 6. The summed E-state index contributed by atoms with van der Waals surface area (Å²) in [7, 11) is -3.29. The molecule has 0 atom stereocenters. The lowest BCUT2D eigenvalue weighted by Gasteiger charge is -2.17. The third kappa shape index (κ3) is 5.09. The van der Waals surface area contributed by atoms with Gasteiger partial charge in [0.2, 0.25) is 11.8 Å². The first kappa shape index (κ1) is 21.5. The lowest BCUT2D eigenvalue weighted by Crippen LogP contribution is -2.16. The fourth-order valence-electron chi connectivity index (χ4n) is 3.39. The van der Waals surface area contributed by atoms with Crippen LogP contribution in [0.15, 0.2) is 94.2 Å². The van der Waals surface area contributed by atoms with Crippen molar-refractivity contribution in [3.63, 3.8) is 0 Å². The highest BCUT2D eigenvalue weighted by Crippen LogP contribution is 2.28. The molecule has 1 N–H and O–H groups in total. The Morgan fingerprint density at radius 1 is 0.875 bits per heavy atom. The van der Waals surface area contributed by atoms with Crippen molar-refractivity contribution in [2.45, 2.75) is 17.2 Å². The highest BCUT2D eigenvalue weighted by atomic mass is 32.2. The summed E-state index contributed by atoms with van der Waals surface area (Å²) in [5.41, 5.74) is 2.62. The standard InChI is InChI=1S/C24H21N3O4S/c1-32(29,30)20-14-12-19(13-15-20)23-26-27-24(31-23)25-22(28)16-21(17-8-4-2-5-9-17)18-10-6-3-7-11-18/h2-15,21H,16H2,1H3,(H,25,27,28). The van der Waals surface area contributed by atoms with Crippen LogP contribution in [0.5, 0.6) is 0 Å². The van der Waals surface area contributed by atoms with Crippen molar-refractivity contribution in [3.8, 4) is 11.5 Å². The molecule has 0 aliphatic carbocycles. The predicted octanol–water partition coefficient (Wildman–Crippen LogP) is 4.30. The summed E-state index contributed by atoms with van der Waals surface area (Å²) in [6.07, 6.45) is 1.34. The second-order valence-electron chi connectivity index (χ2n) is 7.34. The SMILES string of the molecule is CS(=O)(=O)c1ccc(-c2nnc(NC(=O)CC(c3ccccc3)c3ccccc3)o2)cc1. The van der Waals surface area contributed by atoms with Crippen LogP contribution in [0.25, 0.3) is 11.5 Å². The van der Waals surface area contributed by atoms with Crippen LogP contribution in [0.1, 0.15) is 23.5 Å². The van der Waals surface area contributed by atoms with Crippen molar-refractivity contribution in [1.29, 1.82) is 0 Å². The van der Waals surface area contributed by atoms with E-state index in [9.17, 15) is 13.2 Å². The van der Waals surface area contributed by atoms with Crippen LogP contribution in [-0.4, -0.2) is 30.8 Å². The van der Waals surface area contributed by atoms with Gasteiger partial charge in [-0.15, -0.1) is 5.10 Å². The van der Waals surface area contributed by atoms with E-state index in [2.05, 4.69) is 15.5 Å². The Morgan fingerprint density at radius 2 is 1.44 bits per heavy atom. The van der Waals surface area contributed by atoms with Crippen LogP contribution in [0, 0.1) is 0 Å². The van der Waals surface area contributed by atoms with E-state index in [0.29, 0.717) is 5.56 Å². The van der Waals surface area contributed by atoms with Crippen LogP contribution in [0.2, 0.25) is 0 Å². The third-order valence-corrected chi connectivity index (χ3v) is 6.12. The molecule has 1 aromatic heterocycles. The van der Waals surface area contributed by atoms with Gasteiger partial charge in [-0.1, -0.05) is 65.8 Å². The molecule has 0 aliphatic rings. The summed E-state index contributed by atoms with van der Waals surface area (Å²) in [5.74, 6) is -0.198. The first-order chi connectivity index (χ1) is 15.4. The Kier molecular flexibility index (Phi) is 6.13. The average Bonchev–Trinajstić information content (AvgIpc) is 3.26. The third-order valence-electron chi connectivity index (χ3n) is 4.99. The van der Waals surface area contributed by atoms with Crippen LogP contribution in [-0.2, 0) is 14.6 Å². The predicted molar refractivity (Wildman–Crippen MR) is 121 cm³/mol. The second-order valence-corrected chi connectivity index (χ2v) is 9.35. The van der Waals surface area contributed by atoms with Crippen LogP contribution in [0.4, 0.5) is 6.01 Å². The van der Waals surface area contributed by atoms with E-state index in [1.165, 1.54) is 12.1 Å². The molecule has 0 aliphatic heterocycles. The van der Waals surface area contributed by atoms with Crippen molar-refractivity contribution < 1.29 is 17.6 Å². The summed E-state index contributed by atoms with van der Waals surface area (Å²) < 4.78 is 28.8. The molecule has 32 heavy (non-hydrogen) atoms. The fraction of sp³-hybridized carbons (Fsp3) is 0.125. The lowest BCUT2D eigenvalue weighted by molar-refractivity contribution is -0.116. The molecule has 0 unspecified atom stereocenters. The second kappa shape index (κ2) is 9.15. The summed E-state index contributed by atoms with van der Waals surface area (Å²) in [5, 5.41) is 10.5. The smallest absolute Gasteiger partial charge is 0.322 e. The molecule has 0 saturated carbocycles. The molecule has 0 spiro atoms. The van der Waals surface area contributed by atoms with Gasteiger partial charge in [0.15, 0.2) is 9.84 Å². The van der Waals surface area contributed by atoms with E-state index in [-0.39, 0.29) is 35.0 Å². The molecule has 1 heterocycles. The molecule has 0 bridgehead atoms. The Balaban J connectivity index is 1.48. The van der Waals surface area contributed by atoms with Gasteiger partial charge < -0.3 is 4.42 Å². The molecular formula is C24H21N3O4S. The Hall–Kier alpha value is -3.78. The monoisotopic (exact) mass is 447 g/mol. The molecular weight excluding hydrogens is 426 g/mol. The van der Waals surface area contributed by atoms with Crippen molar-refractivity contribution in [1.82, 2.24) is 10.2 Å².